The molecule has 0 atom stereocenters. The fourth-order valence-corrected chi connectivity index (χ4v) is 4.61. The van der Waals surface area contributed by atoms with Gasteiger partial charge in [-0.15, -0.1) is 0 Å². The minimum Gasteiger partial charge on any atom is -0.478 e. The van der Waals surface area contributed by atoms with E-state index in [0.29, 0.717) is 46.4 Å². The molecule has 1 N–H and O–H groups in total. The monoisotopic (exact) mass is 507 g/mol. The molecule has 2 aromatic carbocycles. The van der Waals surface area contributed by atoms with Gasteiger partial charge in [-0.25, -0.2) is 4.79 Å². The first-order valence-electron chi connectivity index (χ1n) is 13.7. The van der Waals surface area contributed by atoms with E-state index in [2.05, 4.69) is 25.7 Å². The number of fused-ring (bicyclic) bond motifs is 1. The third-order valence-electron chi connectivity index (χ3n) is 6.74. The number of furan rings is 1. The van der Waals surface area contributed by atoms with Gasteiger partial charge in [-0.1, -0.05) is 70.4 Å². The molecule has 0 aliphatic rings. The smallest absolute Gasteiger partial charge is 0.336 e. The SMILES string of the molecule is CCCCc1oc2ccc(C(=O)O)c(COCCN(CCCC)CCCC)c2c1C(=O)c1ccccc1. The highest BCUT2D eigenvalue weighted by Gasteiger charge is 2.26. The molecule has 3 rings (SSSR count). The predicted molar refractivity (Wildman–Crippen MR) is 148 cm³/mol. The summed E-state index contributed by atoms with van der Waals surface area (Å²) in [6.45, 7) is 9.94. The highest BCUT2D eigenvalue weighted by Crippen LogP contribution is 2.34. The normalized spacial score (nSPS) is 11.5. The molecular weight excluding hydrogens is 466 g/mol. The van der Waals surface area contributed by atoms with Gasteiger partial charge >= 0.3 is 5.97 Å². The Morgan fingerprint density at radius 3 is 2.19 bits per heavy atom. The van der Waals surface area contributed by atoms with Gasteiger partial charge in [-0.05, 0) is 44.5 Å². The zero-order valence-corrected chi connectivity index (χ0v) is 22.6. The summed E-state index contributed by atoms with van der Waals surface area (Å²) in [5.41, 5.74) is 2.19. The van der Waals surface area contributed by atoms with Gasteiger partial charge in [0.1, 0.15) is 11.3 Å². The molecule has 0 aliphatic heterocycles. The Bertz CT molecular complexity index is 1140. The maximum Gasteiger partial charge on any atom is 0.336 e. The number of carbonyl (C=O) groups excluding carboxylic acids is 1. The Balaban J connectivity index is 1.95. The number of carboxylic acid groups (broad SMARTS) is 1. The summed E-state index contributed by atoms with van der Waals surface area (Å²) in [6.07, 6.45) is 7.03. The molecular formula is C31H41NO5. The first-order chi connectivity index (χ1) is 18.0. The number of ketones is 1. The van der Waals surface area contributed by atoms with Crippen LogP contribution in [0.2, 0.25) is 0 Å². The molecule has 0 saturated heterocycles. The highest BCUT2D eigenvalue weighted by molar-refractivity contribution is 6.18. The maximum atomic E-state index is 13.7. The lowest BCUT2D eigenvalue weighted by Crippen LogP contribution is -2.29. The summed E-state index contributed by atoms with van der Waals surface area (Å²) in [7, 11) is 0. The number of ether oxygens (including phenoxy) is 1. The van der Waals surface area contributed by atoms with E-state index in [-0.39, 0.29) is 18.0 Å². The third-order valence-corrected chi connectivity index (χ3v) is 6.74. The fraction of sp³-hybridized carbons (Fsp3) is 0.484. The van der Waals surface area contributed by atoms with E-state index < -0.39 is 5.97 Å². The van der Waals surface area contributed by atoms with Crippen LogP contribution in [-0.4, -0.2) is 48.0 Å². The van der Waals surface area contributed by atoms with Crippen LogP contribution < -0.4 is 0 Å². The van der Waals surface area contributed by atoms with Gasteiger partial charge in [0.05, 0.1) is 24.3 Å². The molecule has 0 radical (unpaired) electrons. The molecule has 0 amide bonds. The summed E-state index contributed by atoms with van der Waals surface area (Å²) in [5.74, 6) is -0.582. The summed E-state index contributed by atoms with van der Waals surface area (Å²) in [6, 6.07) is 12.3. The van der Waals surface area contributed by atoms with Crippen molar-refractivity contribution >= 4 is 22.7 Å². The minimum atomic E-state index is -1.04. The van der Waals surface area contributed by atoms with Crippen molar-refractivity contribution in [3.63, 3.8) is 0 Å². The lowest BCUT2D eigenvalue weighted by Gasteiger charge is -2.22. The molecule has 200 valence electrons. The van der Waals surface area contributed by atoms with E-state index >= 15 is 0 Å². The van der Waals surface area contributed by atoms with Crippen molar-refractivity contribution in [3.8, 4) is 0 Å². The number of carbonyl (C=O) groups is 2. The molecule has 0 bridgehead atoms. The van der Waals surface area contributed by atoms with Gasteiger partial charge in [0.25, 0.3) is 0 Å². The Hall–Kier alpha value is -2.96. The van der Waals surface area contributed by atoms with E-state index in [0.717, 1.165) is 58.2 Å². The van der Waals surface area contributed by atoms with Gasteiger partial charge in [-0.2, -0.15) is 0 Å². The Morgan fingerprint density at radius 1 is 0.892 bits per heavy atom. The quantitative estimate of drug-likeness (QED) is 0.155. The summed E-state index contributed by atoms with van der Waals surface area (Å²) >= 11 is 0. The van der Waals surface area contributed by atoms with Crippen LogP contribution in [0.15, 0.2) is 46.9 Å². The number of aromatic carboxylic acids is 1. The van der Waals surface area contributed by atoms with Crippen molar-refractivity contribution in [2.45, 2.75) is 72.3 Å². The van der Waals surface area contributed by atoms with Crippen molar-refractivity contribution in [2.75, 3.05) is 26.2 Å². The van der Waals surface area contributed by atoms with Crippen molar-refractivity contribution in [2.24, 2.45) is 0 Å². The van der Waals surface area contributed by atoms with Gasteiger partial charge in [0.15, 0.2) is 5.78 Å². The van der Waals surface area contributed by atoms with E-state index in [1.807, 2.05) is 18.2 Å². The lowest BCUT2D eigenvalue weighted by atomic mass is 9.94. The molecule has 1 heterocycles. The molecule has 37 heavy (non-hydrogen) atoms. The van der Waals surface area contributed by atoms with Crippen LogP contribution >= 0.6 is 0 Å². The standard InChI is InChI=1S/C31H41NO5/c1-4-7-15-26-29(30(33)23-13-11-10-12-14-23)28-25(24(31(34)35)16-17-27(28)37-26)22-36-21-20-32(18-8-5-2)19-9-6-3/h10-14,16-17H,4-9,15,18-22H2,1-3H3,(H,34,35). The molecule has 1 aromatic heterocycles. The number of benzene rings is 2. The van der Waals surface area contributed by atoms with E-state index in [1.165, 1.54) is 0 Å². The zero-order valence-electron chi connectivity index (χ0n) is 22.6. The van der Waals surface area contributed by atoms with Crippen LogP contribution in [0.3, 0.4) is 0 Å². The van der Waals surface area contributed by atoms with Crippen molar-refractivity contribution < 1.29 is 23.8 Å². The third kappa shape index (κ3) is 7.53. The number of carboxylic acids is 1. The molecule has 0 saturated carbocycles. The summed E-state index contributed by atoms with van der Waals surface area (Å²) < 4.78 is 12.3. The van der Waals surface area contributed by atoms with E-state index in [1.54, 1.807) is 24.3 Å². The number of unbranched alkanes of at least 4 members (excludes halogenated alkanes) is 3. The van der Waals surface area contributed by atoms with Crippen LogP contribution in [-0.2, 0) is 17.8 Å². The van der Waals surface area contributed by atoms with E-state index in [4.69, 9.17) is 9.15 Å². The Morgan fingerprint density at radius 2 is 1.57 bits per heavy atom. The molecule has 3 aromatic rings. The first kappa shape index (κ1) is 28.6. The van der Waals surface area contributed by atoms with Crippen LogP contribution in [0.4, 0.5) is 0 Å². The van der Waals surface area contributed by atoms with Gasteiger partial charge in [0, 0.05) is 29.5 Å². The molecule has 0 fully saturated rings. The average Bonchev–Trinajstić information content (AvgIpc) is 3.29. The number of nitrogens with zero attached hydrogens (tertiary/aromatic N) is 1. The number of aryl methyl sites for hydroxylation is 1. The van der Waals surface area contributed by atoms with Gasteiger partial charge < -0.3 is 19.2 Å². The van der Waals surface area contributed by atoms with Crippen LogP contribution in [0.1, 0.15) is 96.9 Å². The second-order valence-electron chi connectivity index (χ2n) is 9.57. The number of rotatable bonds is 17. The van der Waals surface area contributed by atoms with E-state index in [9.17, 15) is 14.7 Å². The first-order valence-corrected chi connectivity index (χ1v) is 13.7. The van der Waals surface area contributed by atoms with Crippen LogP contribution in [0.25, 0.3) is 11.0 Å². The molecule has 6 heteroatoms. The second kappa shape index (κ2) is 14.7. The van der Waals surface area contributed by atoms with Gasteiger partial charge in [-0.3, -0.25) is 4.79 Å². The number of hydrogen-bond donors (Lipinski definition) is 1. The summed E-state index contributed by atoms with van der Waals surface area (Å²) in [4.78, 5) is 28.3. The lowest BCUT2D eigenvalue weighted by molar-refractivity contribution is 0.0680. The second-order valence-corrected chi connectivity index (χ2v) is 9.57. The average molecular weight is 508 g/mol. The van der Waals surface area contributed by atoms with Crippen LogP contribution in [0, 0.1) is 0 Å². The predicted octanol–water partition coefficient (Wildman–Crippen LogP) is 7.12. The Labute approximate surface area is 220 Å². The highest BCUT2D eigenvalue weighted by atomic mass is 16.5. The minimum absolute atomic E-state index is 0.107. The van der Waals surface area contributed by atoms with Crippen LogP contribution in [0.5, 0.6) is 0 Å². The summed E-state index contributed by atoms with van der Waals surface area (Å²) in [5, 5.41) is 10.5. The molecule has 0 spiro atoms. The topological polar surface area (TPSA) is 80.0 Å². The van der Waals surface area contributed by atoms with Crippen molar-refractivity contribution in [1.29, 1.82) is 0 Å². The maximum absolute atomic E-state index is 13.7. The zero-order chi connectivity index (χ0) is 26.6. The molecule has 0 aliphatic carbocycles. The molecule has 6 nitrogen and oxygen atoms in total. The Kier molecular flexibility index (Phi) is 11.4. The van der Waals surface area contributed by atoms with Crippen molar-refractivity contribution in [1.82, 2.24) is 4.90 Å². The fourth-order valence-electron chi connectivity index (χ4n) is 4.61. The largest absolute Gasteiger partial charge is 0.478 e. The molecule has 0 unspecified atom stereocenters. The number of hydrogen-bond acceptors (Lipinski definition) is 5. The van der Waals surface area contributed by atoms with Crippen molar-refractivity contribution in [3.05, 3.63) is 70.5 Å². The van der Waals surface area contributed by atoms with Gasteiger partial charge in [0.2, 0.25) is 0 Å².